The van der Waals surface area contributed by atoms with Gasteiger partial charge in [0.2, 0.25) is 0 Å². The molecule has 0 aromatic carbocycles. The number of rotatable bonds is 7. The molecule has 3 unspecified atom stereocenters. The molecule has 1 saturated carbocycles. The molecule has 1 rings (SSSR count). The van der Waals surface area contributed by atoms with E-state index in [9.17, 15) is 14.7 Å². The Balaban J connectivity index is 2.41. The Labute approximate surface area is 121 Å². The van der Waals surface area contributed by atoms with E-state index in [2.05, 4.69) is 13.8 Å². The van der Waals surface area contributed by atoms with Crippen molar-refractivity contribution in [1.29, 1.82) is 0 Å². The fraction of sp³-hybridized carbons (Fsp3) is 0.875. The first-order chi connectivity index (χ1) is 9.41. The maximum atomic E-state index is 12.1. The van der Waals surface area contributed by atoms with Crippen molar-refractivity contribution in [2.75, 3.05) is 0 Å². The molecule has 0 spiro atoms. The third kappa shape index (κ3) is 5.51. The van der Waals surface area contributed by atoms with E-state index in [1.165, 1.54) is 0 Å². The van der Waals surface area contributed by atoms with Gasteiger partial charge in [0.05, 0.1) is 17.9 Å². The molecule has 0 aliphatic heterocycles. The zero-order valence-electron chi connectivity index (χ0n) is 12.9. The molecule has 1 N–H and O–H groups in total. The van der Waals surface area contributed by atoms with Gasteiger partial charge in [-0.15, -0.1) is 0 Å². The molecule has 4 heteroatoms. The summed E-state index contributed by atoms with van der Waals surface area (Å²) in [5.41, 5.74) is 0. The molecule has 20 heavy (non-hydrogen) atoms. The summed E-state index contributed by atoms with van der Waals surface area (Å²) in [6.45, 7) is 6.25. The second kappa shape index (κ2) is 8.28. The summed E-state index contributed by atoms with van der Waals surface area (Å²) in [6, 6.07) is 0. The largest absolute Gasteiger partial charge is 0.481 e. The van der Waals surface area contributed by atoms with Gasteiger partial charge in [-0.3, -0.25) is 9.59 Å². The van der Waals surface area contributed by atoms with E-state index in [0.717, 1.165) is 32.1 Å². The zero-order chi connectivity index (χ0) is 15.1. The van der Waals surface area contributed by atoms with Crippen molar-refractivity contribution >= 4 is 11.9 Å². The lowest BCUT2D eigenvalue weighted by Crippen LogP contribution is -2.35. The summed E-state index contributed by atoms with van der Waals surface area (Å²) in [4.78, 5) is 23.3. The Morgan fingerprint density at radius 2 is 1.70 bits per heavy atom. The summed E-state index contributed by atoms with van der Waals surface area (Å²) in [7, 11) is 0. The number of ether oxygens (including phenoxy) is 1. The highest BCUT2D eigenvalue weighted by molar-refractivity contribution is 5.81. The molecule has 0 heterocycles. The molecule has 1 aliphatic rings. The molecule has 1 aliphatic carbocycles. The first-order valence-corrected chi connectivity index (χ1v) is 7.85. The van der Waals surface area contributed by atoms with Crippen LogP contribution < -0.4 is 0 Å². The van der Waals surface area contributed by atoms with E-state index in [0.29, 0.717) is 18.8 Å². The van der Waals surface area contributed by atoms with E-state index in [1.54, 1.807) is 0 Å². The number of carbonyl (C=O) groups excluding carboxylic acids is 1. The number of carboxylic acids is 1. The van der Waals surface area contributed by atoms with Gasteiger partial charge in [-0.2, -0.15) is 0 Å². The molecule has 3 atom stereocenters. The molecule has 116 valence electrons. The average Bonchev–Trinajstić information content (AvgIpc) is 2.38. The number of hydrogen-bond acceptors (Lipinski definition) is 3. The lowest BCUT2D eigenvalue weighted by molar-refractivity contribution is -0.163. The predicted octanol–water partition coefficient (Wildman–Crippen LogP) is 3.64. The molecule has 0 aromatic heterocycles. The van der Waals surface area contributed by atoms with Gasteiger partial charge in [0.25, 0.3) is 0 Å². The number of carbonyl (C=O) groups is 2. The van der Waals surface area contributed by atoms with Gasteiger partial charge in [0.1, 0.15) is 0 Å². The van der Waals surface area contributed by atoms with Crippen LogP contribution in [0.15, 0.2) is 0 Å². The van der Waals surface area contributed by atoms with Crippen molar-refractivity contribution in [3.63, 3.8) is 0 Å². The normalized spacial score (nSPS) is 24.4. The van der Waals surface area contributed by atoms with Gasteiger partial charge in [0.15, 0.2) is 0 Å². The molecule has 0 radical (unpaired) electrons. The number of carboxylic acid groups (broad SMARTS) is 1. The lowest BCUT2D eigenvalue weighted by atomic mass is 9.79. The quantitative estimate of drug-likeness (QED) is 0.725. The molecule has 0 bridgehead atoms. The van der Waals surface area contributed by atoms with Crippen LogP contribution in [0, 0.1) is 17.8 Å². The molecule has 4 nitrogen and oxygen atoms in total. The van der Waals surface area contributed by atoms with E-state index < -0.39 is 17.8 Å². The van der Waals surface area contributed by atoms with Crippen LogP contribution in [0.2, 0.25) is 0 Å². The third-order valence-electron chi connectivity index (χ3n) is 4.10. The van der Waals surface area contributed by atoms with Crippen LogP contribution in [0.3, 0.4) is 0 Å². The first kappa shape index (κ1) is 17.0. The van der Waals surface area contributed by atoms with Gasteiger partial charge in [-0.25, -0.2) is 0 Å². The molecule has 0 amide bonds. The number of aliphatic carboxylic acids is 1. The van der Waals surface area contributed by atoms with Gasteiger partial charge < -0.3 is 9.84 Å². The van der Waals surface area contributed by atoms with Crippen molar-refractivity contribution in [1.82, 2.24) is 0 Å². The van der Waals surface area contributed by atoms with Crippen LogP contribution >= 0.6 is 0 Å². The van der Waals surface area contributed by atoms with E-state index in [-0.39, 0.29) is 12.1 Å². The van der Waals surface area contributed by atoms with Gasteiger partial charge in [-0.05, 0) is 38.5 Å². The Hall–Kier alpha value is -1.06. The smallest absolute Gasteiger partial charge is 0.310 e. The second-order valence-electron chi connectivity index (χ2n) is 6.41. The highest BCUT2D eigenvalue weighted by atomic mass is 16.5. The number of hydrogen-bond donors (Lipinski definition) is 1. The topological polar surface area (TPSA) is 63.6 Å². The minimum absolute atomic E-state index is 0.113. The van der Waals surface area contributed by atoms with E-state index in [4.69, 9.17) is 4.74 Å². The monoisotopic (exact) mass is 284 g/mol. The summed E-state index contributed by atoms with van der Waals surface area (Å²) in [6.07, 6.45) is 5.97. The molecule has 1 fully saturated rings. The van der Waals surface area contributed by atoms with Crippen molar-refractivity contribution < 1.29 is 19.4 Å². The fourth-order valence-corrected chi connectivity index (χ4v) is 2.87. The average molecular weight is 284 g/mol. The van der Waals surface area contributed by atoms with Gasteiger partial charge >= 0.3 is 11.9 Å². The maximum absolute atomic E-state index is 12.1. The van der Waals surface area contributed by atoms with Crippen LogP contribution in [0.5, 0.6) is 0 Å². The van der Waals surface area contributed by atoms with Crippen molar-refractivity contribution in [2.24, 2.45) is 17.8 Å². The van der Waals surface area contributed by atoms with Crippen molar-refractivity contribution in [3.8, 4) is 0 Å². The summed E-state index contributed by atoms with van der Waals surface area (Å²) >= 11 is 0. The Kier molecular flexibility index (Phi) is 7.03. The van der Waals surface area contributed by atoms with Crippen LogP contribution in [0.25, 0.3) is 0 Å². The molecule has 0 aromatic rings. The maximum Gasteiger partial charge on any atom is 0.310 e. The van der Waals surface area contributed by atoms with Crippen LogP contribution in [0.1, 0.15) is 65.7 Å². The van der Waals surface area contributed by atoms with Crippen LogP contribution in [0.4, 0.5) is 0 Å². The van der Waals surface area contributed by atoms with Gasteiger partial charge in [0, 0.05) is 0 Å². The Morgan fingerprint density at radius 1 is 1.10 bits per heavy atom. The first-order valence-electron chi connectivity index (χ1n) is 7.85. The summed E-state index contributed by atoms with van der Waals surface area (Å²) in [5, 5.41) is 9.19. The summed E-state index contributed by atoms with van der Waals surface area (Å²) < 4.78 is 5.45. The Morgan fingerprint density at radius 3 is 2.25 bits per heavy atom. The fourth-order valence-electron chi connectivity index (χ4n) is 2.87. The minimum atomic E-state index is -0.862. The SMILES string of the molecule is CC(C)CCCC(C)OC(=O)C1CCCCC1C(=O)O. The minimum Gasteiger partial charge on any atom is -0.481 e. The van der Waals surface area contributed by atoms with Crippen LogP contribution in [-0.2, 0) is 14.3 Å². The van der Waals surface area contributed by atoms with E-state index in [1.807, 2.05) is 6.92 Å². The zero-order valence-corrected chi connectivity index (χ0v) is 12.9. The molecule has 0 saturated heterocycles. The Bertz CT molecular complexity index is 324. The standard InChI is InChI=1S/C16H28O4/c1-11(2)7-6-8-12(3)20-16(19)14-10-5-4-9-13(14)15(17)18/h11-14H,4-10H2,1-3H3,(H,17,18). The molecular formula is C16H28O4. The van der Waals surface area contributed by atoms with Crippen molar-refractivity contribution in [3.05, 3.63) is 0 Å². The van der Waals surface area contributed by atoms with Crippen LogP contribution in [-0.4, -0.2) is 23.1 Å². The summed E-state index contributed by atoms with van der Waals surface area (Å²) in [5.74, 6) is -1.52. The van der Waals surface area contributed by atoms with Crippen molar-refractivity contribution in [2.45, 2.75) is 71.8 Å². The third-order valence-corrected chi connectivity index (χ3v) is 4.10. The van der Waals surface area contributed by atoms with Gasteiger partial charge in [-0.1, -0.05) is 33.1 Å². The predicted molar refractivity (Wildman–Crippen MR) is 77.3 cm³/mol. The molecular weight excluding hydrogens is 256 g/mol. The second-order valence-corrected chi connectivity index (χ2v) is 6.41. The number of esters is 1. The van der Waals surface area contributed by atoms with E-state index >= 15 is 0 Å². The highest BCUT2D eigenvalue weighted by Gasteiger charge is 2.37. The lowest BCUT2D eigenvalue weighted by Gasteiger charge is -2.28. The highest BCUT2D eigenvalue weighted by Crippen LogP contribution is 2.31.